The van der Waals surface area contributed by atoms with Crippen LogP contribution < -0.4 is 10.1 Å². The van der Waals surface area contributed by atoms with E-state index in [2.05, 4.69) is 15.3 Å². The summed E-state index contributed by atoms with van der Waals surface area (Å²) in [5.41, 5.74) is 1.02. The molecular weight excluding hydrogens is 306 g/mol. The molecule has 0 fully saturated rings. The van der Waals surface area contributed by atoms with Crippen molar-refractivity contribution in [3.8, 4) is 5.88 Å². The minimum absolute atomic E-state index is 0.340. The van der Waals surface area contributed by atoms with Gasteiger partial charge in [-0.15, -0.1) is 0 Å². The Kier molecular flexibility index (Phi) is 7.01. The van der Waals surface area contributed by atoms with E-state index in [0.717, 1.165) is 24.3 Å². The number of hydrogen-bond acceptors (Lipinski definition) is 5. The number of pyridine rings is 2. The molecule has 0 saturated carbocycles. The highest BCUT2D eigenvalue weighted by Gasteiger charge is 2.10. The number of aryl methyl sites for hydroxylation is 1. The molecule has 2 heterocycles. The number of carboxylic acid groups (broad SMARTS) is 1. The molecule has 0 aliphatic carbocycles. The van der Waals surface area contributed by atoms with E-state index in [-0.39, 0.29) is 5.92 Å². The lowest BCUT2D eigenvalue weighted by Gasteiger charge is -2.08. The van der Waals surface area contributed by atoms with E-state index < -0.39 is 5.97 Å². The number of rotatable bonds is 10. The predicted molar refractivity (Wildman–Crippen MR) is 92.2 cm³/mol. The highest BCUT2D eigenvalue weighted by molar-refractivity contribution is 5.69. The Morgan fingerprint density at radius 1 is 1.29 bits per heavy atom. The van der Waals surface area contributed by atoms with Gasteiger partial charge in [0, 0.05) is 25.0 Å². The van der Waals surface area contributed by atoms with E-state index in [1.165, 1.54) is 0 Å². The topological polar surface area (TPSA) is 84.3 Å². The van der Waals surface area contributed by atoms with Gasteiger partial charge in [-0.25, -0.2) is 9.97 Å². The van der Waals surface area contributed by atoms with Crippen LogP contribution in [0.1, 0.15) is 25.3 Å². The highest BCUT2D eigenvalue weighted by atomic mass is 16.5. The molecule has 6 heteroatoms. The van der Waals surface area contributed by atoms with Gasteiger partial charge in [0.05, 0.1) is 12.5 Å². The van der Waals surface area contributed by atoms with E-state index in [9.17, 15) is 4.79 Å². The standard InChI is InChI=1S/C18H23N3O3/c1-14(18(22)23)6-7-15-8-9-17(21-13-15)24-12-4-11-20-16-5-2-3-10-19-16/h2-3,5,8-10,13-14H,4,6-7,11-12H2,1H3,(H,19,20)(H,22,23). The molecule has 0 bridgehead atoms. The van der Waals surface area contributed by atoms with Crippen LogP contribution >= 0.6 is 0 Å². The summed E-state index contributed by atoms with van der Waals surface area (Å²) in [5, 5.41) is 12.1. The minimum atomic E-state index is -0.762. The van der Waals surface area contributed by atoms with Crippen molar-refractivity contribution >= 4 is 11.8 Å². The molecule has 2 N–H and O–H groups in total. The first kappa shape index (κ1) is 17.7. The molecule has 24 heavy (non-hydrogen) atoms. The summed E-state index contributed by atoms with van der Waals surface area (Å²) < 4.78 is 5.60. The van der Waals surface area contributed by atoms with Crippen LogP contribution in [0.4, 0.5) is 5.82 Å². The molecule has 2 rings (SSSR count). The summed E-state index contributed by atoms with van der Waals surface area (Å²) in [6.07, 6.45) is 5.65. The smallest absolute Gasteiger partial charge is 0.306 e. The van der Waals surface area contributed by atoms with Gasteiger partial charge in [0.1, 0.15) is 5.82 Å². The van der Waals surface area contributed by atoms with E-state index >= 15 is 0 Å². The van der Waals surface area contributed by atoms with Gasteiger partial charge >= 0.3 is 5.97 Å². The van der Waals surface area contributed by atoms with Crippen molar-refractivity contribution in [2.75, 3.05) is 18.5 Å². The van der Waals surface area contributed by atoms with Crippen LogP contribution in [0.5, 0.6) is 5.88 Å². The average Bonchev–Trinajstić information content (AvgIpc) is 2.61. The molecule has 0 spiro atoms. The molecule has 0 aliphatic rings. The molecule has 0 saturated heterocycles. The van der Waals surface area contributed by atoms with Gasteiger partial charge in [-0.1, -0.05) is 19.1 Å². The van der Waals surface area contributed by atoms with Crippen molar-refractivity contribution in [1.29, 1.82) is 0 Å². The maximum absolute atomic E-state index is 10.8. The van der Waals surface area contributed by atoms with Gasteiger partial charge in [0.15, 0.2) is 0 Å². The first-order valence-electron chi connectivity index (χ1n) is 8.10. The Labute approximate surface area is 141 Å². The second-order valence-corrected chi connectivity index (χ2v) is 5.63. The van der Waals surface area contributed by atoms with E-state index in [0.29, 0.717) is 25.3 Å². The predicted octanol–water partition coefficient (Wildman–Crippen LogP) is 3.01. The number of aromatic nitrogens is 2. The maximum Gasteiger partial charge on any atom is 0.306 e. The molecule has 6 nitrogen and oxygen atoms in total. The molecule has 0 aliphatic heterocycles. The Bertz CT molecular complexity index is 617. The third kappa shape index (κ3) is 6.24. The Hall–Kier alpha value is -2.63. The molecule has 1 atom stereocenters. The van der Waals surface area contributed by atoms with Gasteiger partial charge < -0.3 is 15.2 Å². The van der Waals surface area contributed by atoms with Crippen molar-refractivity contribution in [3.63, 3.8) is 0 Å². The number of nitrogens with zero attached hydrogens (tertiary/aromatic N) is 2. The molecular formula is C18H23N3O3. The molecule has 2 aromatic rings. The number of anilines is 1. The molecule has 2 aromatic heterocycles. The zero-order valence-electron chi connectivity index (χ0n) is 13.8. The third-order valence-electron chi connectivity index (χ3n) is 3.63. The summed E-state index contributed by atoms with van der Waals surface area (Å²) in [6, 6.07) is 9.50. The van der Waals surface area contributed by atoms with Gasteiger partial charge in [-0.2, -0.15) is 0 Å². The van der Waals surface area contributed by atoms with Crippen LogP contribution in [-0.4, -0.2) is 34.2 Å². The van der Waals surface area contributed by atoms with Crippen LogP contribution in [0.2, 0.25) is 0 Å². The second kappa shape index (κ2) is 9.50. The fourth-order valence-corrected chi connectivity index (χ4v) is 2.08. The summed E-state index contributed by atoms with van der Waals surface area (Å²) in [5.74, 6) is 0.341. The molecule has 0 amide bonds. The van der Waals surface area contributed by atoms with Gasteiger partial charge in [0.2, 0.25) is 5.88 Å². The van der Waals surface area contributed by atoms with Gasteiger partial charge in [-0.3, -0.25) is 4.79 Å². The fourth-order valence-electron chi connectivity index (χ4n) is 2.08. The zero-order chi connectivity index (χ0) is 17.2. The van der Waals surface area contributed by atoms with Crippen LogP contribution in [0.3, 0.4) is 0 Å². The van der Waals surface area contributed by atoms with Crippen molar-refractivity contribution in [1.82, 2.24) is 9.97 Å². The van der Waals surface area contributed by atoms with Crippen LogP contribution in [0.15, 0.2) is 42.7 Å². The van der Waals surface area contributed by atoms with E-state index in [4.69, 9.17) is 9.84 Å². The maximum atomic E-state index is 10.8. The lowest BCUT2D eigenvalue weighted by atomic mass is 10.0. The lowest BCUT2D eigenvalue weighted by Crippen LogP contribution is -2.10. The number of carbonyl (C=O) groups is 1. The van der Waals surface area contributed by atoms with Crippen molar-refractivity contribution in [2.45, 2.75) is 26.2 Å². The zero-order valence-corrected chi connectivity index (χ0v) is 13.8. The molecule has 0 radical (unpaired) electrons. The third-order valence-corrected chi connectivity index (χ3v) is 3.63. The highest BCUT2D eigenvalue weighted by Crippen LogP contribution is 2.12. The molecule has 0 aromatic carbocycles. The first-order chi connectivity index (χ1) is 11.6. The lowest BCUT2D eigenvalue weighted by molar-refractivity contribution is -0.141. The van der Waals surface area contributed by atoms with Crippen molar-refractivity contribution in [3.05, 3.63) is 48.3 Å². The Balaban J connectivity index is 1.64. The van der Waals surface area contributed by atoms with Crippen molar-refractivity contribution in [2.24, 2.45) is 5.92 Å². The van der Waals surface area contributed by atoms with Crippen LogP contribution in [0, 0.1) is 5.92 Å². The van der Waals surface area contributed by atoms with Gasteiger partial charge in [0.25, 0.3) is 0 Å². The number of nitrogens with one attached hydrogen (secondary N) is 1. The minimum Gasteiger partial charge on any atom is -0.481 e. The summed E-state index contributed by atoms with van der Waals surface area (Å²) in [6.45, 7) is 3.07. The summed E-state index contributed by atoms with van der Waals surface area (Å²) in [4.78, 5) is 19.2. The van der Waals surface area contributed by atoms with Crippen LogP contribution in [0.25, 0.3) is 0 Å². The number of aliphatic carboxylic acids is 1. The first-order valence-corrected chi connectivity index (χ1v) is 8.10. The van der Waals surface area contributed by atoms with Crippen LogP contribution in [-0.2, 0) is 11.2 Å². The average molecular weight is 329 g/mol. The largest absolute Gasteiger partial charge is 0.481 e. The van der Waals surface area contributed by atoms with E-state index in [1.54, 1.807) is 19.3 Å². The number of hydrogen-bond donors (Lipinski definition) is 2. The SMILES string of the molecule is CC(CCc1ccc(OCCCNc2ccccn2)nc1)C(=O)O. The van der Waals surface area contributed by atoms with Gasteiger partial charge in [-0.05, 0) is 37.0 Å². The van der Waals surface area contributed by atoms with Crippen molar-refractivity contribution < 1.29 is 14.6 Å². The Morgan fingerprint density at radius 2 is 2.17 bits per heavy atom. The molecule has 1 unspecified atom stereocenters. The number of ether oxygens (including phenoxy) is 1. The quantitative estimate of drug-likeness (QED) is 0.652. The monoisotopic (exact) mass is 329 g/mol. The normalized spacial score (nSPS) is 11.7. The second-order valence-electron chi connectivity index (χ2n) is 5.63. The number of carboxylic acids is 1. The van der Waals surface area contributed by atoms with E-state index in [1.807, 2.05) is 30.3 Å². The fraction of sp³-hybridized carbons (Fsp3) is 0.389. The Morgan fingerprint density at radius 3 is 2.83 bits per heavy atom. The summed E-state index contributed by atoms with van der Waals surface area (Å²) >= 11 is 0. The molecule has 128 valence electrons. The summed E-state index contributed by atoms with van der Waals surface area (Å²) in [7, 11) is 0.